The molecule has 0 aliphatic carbocycles. The van der Waals surface area contributed by atoms with Crippen molar-refractivity contribution in [2.45, 2.75) is 32.5 Å². The minimum Gasteiger partial charge on any atom is -0.489 e. The molecule has 1 aromatic rings. The number of hydrogen-bond donors (Lipinski definition) is 1. The van der Waals surface area contributed by atoms with Crippen LogP contribution in [0.3, 0.4) is 0 Å². The number of aliphatic hydroxyl groups excluding tert-OH is 1. The first-order chi connectivity index (χ1) is 9.08. The maximum Gasteiger partial charge on any atom is 0.179 e. The van der Waals surface area contributed by atoms with Crippen LogP contribution < -0.4 is 9.47 Å². The Balaban J connectivity index is 2.18. The Morgan fingerprint density at radius 1 is 1.32 bits per heavy atom. The Morgan fingerprint density at radius 2 is 2.05 bits per heavy atom. The Bertz CT molecular complexity index is 434. The predicted molar refractivity (Wildman–Crippen MR) is 73.1 cm³/mol. The van der Waals surface area contributed by atoms with E-state index in [4.69, 9.17) is 25.8 Å². The van der Waals surface area contributed by atoms with Crippen LogP contribution in [-0.4, -0.2) is 31.0 Å². The second kappa shape index (κ2) is 6.46. The van der Waals surface area contributed by atoms with E-state index >= 15 is 0 Å². The van der Waals surface area contributed by atoms with Crippen LogP contribution in [0.1, 0.15) is 31.9 Å². The van der Waals surface area contributed by atoms with E-state index < -0.39 is 6.10 Å². The SMILES string of the molecule is CC(C)OCC(O)c1cc(Cl)c2c(c1)OCCCO2. The molecule has 0 aromatic heterocycles. The van der Waals surface area contributed by atoms with Gasteiger partial charge in [-0.05, 0) is 31.5 Å². The van der Waals surface area contributed by atoms with Gasteiger partial charge in [0.2, 0.25) is 0 Å². The lowest BCUT2D eigenvalue weighted by Crippen LogP contribution is -2.12. The molecule has 19 heavy (non-hydrogen) atoms. The zero-order chi connectivity index (χ0) is 13.8. The van der Waals surface area contributed by atoms with Gasteiger partial charge in [0.15, 0.2) is 11.5 Å². The summed E-state index contributed by atoms with van der Waals surface area (Å²) in [6.07, 6.45) is 0.168. The number of aliphatic hydroxyl groups is 1. The van der Waals surface area contributed by atoms with E-state index in [0.29, 0.717) is 35.3 Å². The highest BCUT2D eigenvalue weighted by Crippen LogP contribution is 2.39. The molecule has 1 atom stereocenters. The van der Waals surface area contributed by atoms with Crippen molar-refractivity contribution in [3.63, 3.8) is 0 Å². The van der Waals surface area contributed by atoms with E-state index in [9.17, 15) is 5.11 Å². The van der Waals surface area contributed by atoms with Crippen molar-refractivity contribution in [2.75, 3.05) is 19.8 Å². The lowest BCUT2D eigenvalue weighted by molar-refractivity contribution is 0.00484. The number of hydrogen-bond acceptors (Lipinski definition) is 4. The maximum absolute atomic E-state index is 10.1. The van der Waals surface area contributed by atoms with Crippen LogP contribution >= 0.6 is 11.6 Å². The molecular weight excluding hydrogens is 268 g/mol. The topological polar surface area (TPSA) is 47.9 Å². The monoisotopic (exact) mass is 286 g/mol. The van der Waals surface area contributed by atoms with E-state index in [1.54, 1.807) is 12.1 Å². The van der Waals surface area contributed by atoms with E-state index in [2.05, 4.69) is 0 Å². The highest BCUT2D eigenvalue weighted by molar-refractivity contribution is 6.32. The van der Waals surface area contributed by atoms with Gasteiger partial charge in [0.25, 0.3) is 0 Å². The molecule has 1 N–H and O–H groups in total. The molecule has 0 saturated heterocycles. The standard InChI is InChI=1S/C14H19ClO4/c1-9(2)19-8-12(16)10-6-11(15)14-13(7-10)17-4-3-5-18-14/h6-7,9,12,16H,3-5,8H2,1-2H3. The zero-order valence-corrected chi connectivity index (χ0v) is 11.9. The summed E-state index contributed by atoms with van der Waals surface area (Å²) in [6.45, 7) is 5.26. The average molecular weight is 287 g/mol. The molecule has 0 radical (unpaired) electrons. The van der Waals surface area contributed by atoms with Gasteiger partial charge in [-0.25, -0.2) is 0 Å². The molecule has 0 spiro atoms. The minimum absolute atomic E-state index is 0.0746. The molecule has 1 aromatic carbocycles. The fourth-order valence-electron chi connectivity index (χ4n) is 1.82. The quantitative estimate of drug-likeness (QED) is 0.924. The molecule has 1 unspecified atom stereocenters. The summed E-state index contributed by atoms with van der Waals surface area (Å²) < 4.78 is 16.5. The van der Waals surface area contributed by atoms with Gasteiger partial charge in [0.05, 0.1) is 30.9 Å². The number of ether oxygens (including phenoxy) is 3. The van der Waals surface area contributed by atoms with Gasteiger partial charge >= 0.3 is 0 Å². The molecule has 0 fully saturated rings. The smallest absolute Gasteiger partial charge is 0.179 e. The lowest BCUT2D eigenvalue weighted by atomic mass is 10.1. The highest BCUT2D eigenvalue weighted by atomic mass is 35.5. The van der Waals surface area contributed by atoms with Gasteiger partial charge < -0.3 is 19.3 Å². The van der Waals surface area contributed by atoms with Crippen molar-refractivity contribution in [1.82, 2.24) is 0 Å². The van der Waals surface area contributed by atoms with Crippen molar-refractivity contribution in [1.29, 1.82) is 0 Å². The third-order valence-corrected chi connectivity index (χ3v) is 3.08. The summed E-state index contributed by atoms with van der Waals surface area (Å²) in [5, 5.41) is 10.5. The Morgan fingerprint density at radius 3 is 2.79 bits per heavy atom. The van der Waals surface area contributed by atoms with Crippen LogP contribution in [0.2, 0.25) is 5.02 Å². The predicted octanol–water partition coefficient (Wildman–Crippen LogP) is 2.96. The molecule has 0 bridgehead atoms. The number of benzene rings is 1. The maximum atomic E-state index is 10.1. The van der Waals surface area contributed by atoms with Crippen molar-refractivity contribution in [3.8, 4) is 11.5 Å². The number of halogens is 1. The second-order valence-electron chi connectivity index (χ2n) is 4.78. The molecule has 4 nitrogen and oxygen atoms in total. The van der Waals surface area contributed by atoms with E-state index in [1.165, 1.54) is 0 Å². The summed E-state index contributed by atoms with van der Waals surface area (Å²) in [4.78, 5) is 0. The third-order valence-electron chi connectivity index (χ3n) is 2.80. The van der Waals surface area contributed by atoms with Crippen LogP contribution in [0.4, 0.5) is 0 Å². The minimum atomic E-state index is -0.725. The first-order valence-corrected chi connectivity index (χ1v) is 6.84. The van der Waals surface area contributed by atoms with Crippen LogP contribution in [0.15, 0.2) is 12.1 Å². The molecule has 1 aliphatic rings. The first kappa shape index (κ1) is 14.4. The molecule has 106 valence electrons. The first-order valence-electron chi connectivity index (χ1n) is 6.46. The van der Waals surface area contributed by atoms with Gasteiger partial charge in [-0.3, -0.25) is 0 Å². The largest absolute Gasteiger partial charge is 0.489 e. The fourth-order valence-corrected chi connectivity index (χ4v) is 2.10. The van der Waals surface area contributed by atoms with Crippen molar-refractivity contribution >= 4 is 11.6 Å². The molecular formula is C14H19ClO4. The Hall–Kier alpha value is -0.970. The summed E-state index contributed by atoms with van der Waals surface area (Å²) >= 11 is 6.17. The van der Waals surface area contributed by atoms with Crippen molar-refractivity contribution < 1.29 is 19.3 Å². The molecule has 5 heteroatoms. The summed E-state index contributed by atoms with van der Waals surface area (Å²) in [6, 6.07) is 3.46. The van der Waals surface area contributed by atoms with Crippen molar-refractivity contribution in [2.24, 2.45) is 0 Å². The van der Waals surface area contributed by atoms with E-state index in [1.807, 2.05) is 13.8 Å². The number of fused-ring (bicyclic) bond motifs is 1. The summed E-state index contributed by atoms with van der Waals surface area (Å²) in [5.74, 6) is 1.14. The second-order valence-corrected chi connectivity index (χ2v) is 5.19. The Labute approximate surface area is 118 Å². The average Bonchev–Trinajstić information content (AvgIpc) is 2.61. The Kier molecular flexibility index (Phi) is 4.91. The fraction of sp³-hybridized carbons (Fsp3) is 0.571. The summed E-state index contributed by atoms with van der Waals surface area (Å²) in [7, 11) is 0. The third kappa shape index (κ3) is 3.75. The molecule has 1 aliphatic heterocycles. The normalized spacial score (nSPS) is 16.3. The van der Waals surface area contributed by atoms with E-state index in [0.717, 1.165) is 6.42 Å². The lowest BCUT2D eigenvalue weighted by Gasteiger charge is -2.16. The molecule has 0 amide bonds. The van der Waals surface area contributed by atoms with Gasteiger partial charge in [-0.1, -0.05) is 11.6 Å². The van der Waals surface area contributed by atoms with Crippen LogP contribution in [0.25, 0.3) is 0 Å². The van der Waals surface area contributed by atoms with Crippen LogP contribution in [-0.2, 0) is 4.74 Å². The summed E-state index contributed by atoms with van der Waals surface area (Å²) in [5.41, 5.74) is 0.676. The van der Waals surface area contributed by atoms with Crippen LogP contribution in [0.5, 0.6) is 11.5 Å². The van der Waals surface area contributed by atoms with Crippen LogP contribution in [0, 0.1) is 0 Å². The molecule has 2 rings (SSSR count). The molecule has 0 saturated carbocycles. The zero-order valence-electron chi connectivity index (χ0n) is 11.2. The van der Waals surface area contributed by atoms with Crippen molar-refractivity contribution in [3.05, 3.63) is 22.7 Å². The highest BCUT2D eigenvalue weighted by Gasteiger charge is 2.19. The molecule has 1 heterocycles. The van der Waals surface area contributed by atoms with Gasteiger partial charge in [-0.2, -0.15) is 0 Å². The van der Waals surface area contributed by atoms with E-state index in [-0.39, 0.29) is 12.7 Å². The van der Waals surface area contributed by atoms with Gasteiger partial charge in [0, 0.05) is 6.42 Å². The number of rotatable bonds is 4. The van der Waals surface area contributed by atoms with Gasteiger partial charge in [0.1, 0.15) is 6.10 Å². The van der Waals surface area contributed by atoms with Gasteiger partial charge in [-0.15, -0.1) is 0 Å².